The quantitative estimate of drug-likeness (QED) is 0.239. The highest BCUT2D eigenvalue weighted by Crippen LogP contribution is 2.50. The topological polar surface area (TPSA) is 107 Å². The summed E-state index contributed by atoms with van der Waals surface area (Å²) >= 11 is 0. The Balaban J connectivity index is 1.34. The van der Waals surface area contributed by atoms with Crippen LogP contribution in [0.5, 0.6) is 5.75 Å². The molecule has 12 heteroatoms. The normalized spacial score (nSPS) is 16.4. The number of benzene rings is 2. The molecule has 3 aromatic rings. The first-order valence-electron chi connectivity index (χ1n) is 13.7. The number of carbonyl (C=O) groups excluding carboxylic acids is 3. The molecule has 2 aromatic carbocycles. The number of nitrogens with one attached hydrogen (secondary N) is 2. The van der Waals surface area contributed by atoms with Gasteiger partial charge in [0.15, 0.2) is 0 Å². The average molecular weight is 600 g/mol. The third-order valence-corrected chi connectivity index (χ3v) is 7.96. The van der Waals surface area contributed by atoms with Crippen LogP contribution in [-0.4, -0.2) is 41.6 Å². The molecule has 2 N–H and O–H groups in total. The Morgan fingerprint density at radius 2 is 1.72 bits per heavy atom. The first-order valence-corrected chi connectivity index (χ1v) is 13.7. The number of halogens is 4. The number of methoxy groups -OCH3 is 1. The standard InChI is InChI=1S/C31H29F4N3O5/c1-42-28(41)29(9-5-10-29)22-17-23(32)20(14-25(22)43-18-19-6-3-2-4-7-19)15-26(39)37-21-8-13-36-24(16-21)27(40)38-30(11-12-30)31(33,34)35/h2-4,6-8,13-14,16-17H,5,9-12,15,18H2,1H3,(H,38,40)(H,36,37,39). The van der Waals surface area contributed by atoms with Crippen LogP contribution < -0.4 is 15.4 Å². The number of esters is 1. The molecule has 0 spiro atoms. The lowest BCUT2D eigenvalue weighted by atomic mass is 9.64. The fourth-order valence-electron chi connectivity index (χ4n) is 5.17. The van der Waals surface area contributed by atoms with Crippen LogP contribution in [-0.2, 0) is 32.8 Å². The van der Waals surface area contributed by atoms with E-state index in [-0.39, 0.29) is 42.1 Å². The number of hydrogen-bond acceptors (Lipinski definition) is 6. The maximum Gasteiger partial charge on any atom is 0.411 e. The Morgan fingerprint density at radius 1 is 1.00 bits per heavy atom. The molecule has 2 saturated carbocycles. The zero-order valence-corrected chi connectivity index (χ0v) is 23.2. The summed E-state index contributed by atoms with van der Waals surface area (Å²) in [5, 5.41) is 4.52. The highest BCUT2D eigenvalue weighted by atomic mass is 19.4. The molecule has 5 rings (SSSR count). The number of rotatable bonds is 10. The second-order valence-corrected chi connectivity index (χ2v) is 10.8. The molecule has 0 saturated heterocycles. The predicted octanol–water partition coefficient (Wildman–Crippen LogP) is 5.40. The molecule has 8 nitrogen and oxygen atoms in total. The molecule has 0 atom stereocenters. The second kappa shape index (κ2) is 11.7. The summed E-state index contributed by atoms with van der Waals surface area (Å²) in [5.41, 5.74) is -2.34. The van der Waals surface area contributed by atoms with E-state index in [0.717, 1.165) is 18.1 Å². The number of alkyl halides is 3. The van der Waals surface area contributed by atoms with Crippen LogP contribution in [0.3, 0.4) is 0 Å². The van der Waals surface area contributed by atoms with Gasteiger partial charge in [-0.1, -0.05) is 36.8 Å². The van der Waals surface area contributed by atoms with E-state index in [0.29, 0.717) is 18.4 Å². The van der Waals surface area contributed by atoms with Crippen molar-refractivity contribution in [2.75, 3.05) is 12.4 Å². The lowest BCUT2D eigenvalue weighted by molar-refractivity contribution is -0.163. The molecule has 2 aliphatic rings. The monoisotopic (exact) mass is 599 g/mol. The van der Waals surface area contributed by atoms with E-state index in [9.17, 15) is 27.6 Å². The van der Waals surface area contributed by atoms with Crippen molar-refractivity contribution >= 4 is 23.5 Å². The van der Waals surface area contributed by atoms with Crippen molar-refractivity contribution in [1.82, 2.24) is 10.3 Å². The van der Waals surface area contributed by atoms with Crippen LogP contribution in [0.15, 0.2) is 60.8 Å². The number of anilines is 1. The molecule has 0 unspecified atom stereocenters. The second-order valence-electron chi connectivity index (χ2n) is 10.8. The van der Waals surface area contributed by atoms with Gasteiger partial charge in [0.05, 0.1) is 18.9 Å². The van der Waals surface area contributed by atoms with Crippen LogP contribution >= 0.6 is 0 Å². The van der Waals surface area contributed by atoms with Crippen molar-refractivity contribution < 1.29 is 41.4 Å². The molecule has 1 heterocycles. The zero-order chi connectivity index (χ0) is 30.8. The van der Waals surface area contributed by atoms with Gasteiger partial charge in [0, 0.05) is 23.0 Å². The molecule has 2 amide bonds. The molecule has 1 aromatic heterocycles. The zero-order valence-electron chi connectivity index (χ0n) is 23.2. The molecule has 0 aliphatic heterocycles. The average Bonchev–Trinajstić information content (AvgIpc) is 3.74. The van der Waals surface area contributed by atoms with Gasteiger partial charge in [0.1, 0.15) is 29.4 Å². The van der Waals surface area contributed by atoms with Gasteiger partial charge in [-0.05, 0) is 55.5 Å². The van der Waals surface area contributed by atoms with E-state index in [1.54, 1.807) is 0 Å². The van der Waals surface area contributed by atoms with Gasteiger partial charge in [0.2, 0.25) is 5.91 Å². The largest absolute Gasteiger partial charge is 0.489 e. The summed E-state index contributed by atoms with van der Waals surface area (Å²) in [5.74, 6) is -2.64. The third kappa shape index (κ3) is 6.18. The molecule has 2 fully saturated rings. The Bertz CT molecular complexity index is 1540. The number of aromatic nitrogens is 1. The SMILES string of the molecule is COC(=O)C1(c2cc(F)c(CC(=O)Nc3ccnc(C(=O)NC4(C(F)(F)F)CC4)c3)cc2OCc2ccccc2)CCC1. The molecular formula is C31H29F4N3O5. The van der Waals surface area contributed by atoms with E-state index in [1.807, 2.05) is 35.6 Å². The summed E-state index contributed by atoms with van der Waals surface area (Å²) < 4.78 is 66.3. The molecule has 43 heavy (non-hydrogen) atoms. The Morgan fingerprint density at radius 3 is 2.33 bits per heavy atom. The van der Waals surface area contributed by atoms with Crippen molar-refractivity contribution in [1.29, 1.82) is 0 Å². The summed E-state index contributed by atoms with van der Waals surface area (Å²) in [6.07, 6.45) is -2.62. The van der Waals surface area contributed by atoms with E-state index >= 15 is 4.39 Å². The summed E-state index contributed by atoms with van der Waals surface area (Å²) in [7, 11) is 1.27. The van der Waals surface area contributed by atoms with Crippen molar-refractivity contribution in [3.8, 4) is 5.75 Å². The number of hydrogen-bond donors (Lipinski definition) is 2. The predicted molar refractivity (Wildman–Crippen MR) is 147 cm³/mol. The van der Waals surface area contributed by atoms with Crippen molar-refractivity contribution in [3.05, 3.63) is 89.0 Å². The Hall–Kier alpha value is -4.48. The maximum atomic E-state index is 15.4. The lowest BCUT2D eigenvalue weighted by Crippen LogP contribution is -2.48. The fraction of sp³-hybridized carbons (Fsp3) is 0.355. The molecular weight excluding hydrogens is 570 g/mol. The van der Waals surface area contributed by atoms with Gasteiger partial charge in [-0.3, -0.25) is 19.4 Å². The molecule has 0 bridgehead atoms. The van der Waals surface area contributed by atoms with E-state index in [1.165, 1.54) is 31.5 Å². The highest BCUT2D eigenvalue weighted by Gasteiger charge is 2.64. The van der Waals surface area contributed by atoms with Gasteiger partial charge >= 0.3 is 12.1 Å². The Kier molecular flexibility index (Phi) is 8.13. The number of carbonyl (C=O) groups is 3. The van der Waals surface area contributed by atoms with Crippen LogP contribution in [0, 0.1) is 5.82 Å². The highest BCUT2D eigenvalue weighted by molar-refractivity contribution is 5.96. The fourth-order valence-corrected chi connectivity index (χ4v) is 5.17. The van der Waals surface area contributed by atoms with E-state index in [2.05, 4.69) is 10.3 Å². The first kappa shape index (κ1) is 30.0. The number of nitrogens with zero attached hydrogens (tertiary/aromatic N) is 1. The molecule has 0 radical (unpaired) electrons. The van der Waals surface area contributed by atoms with Crippen LogP contribution in [0.4, 0.5) is 23.2 Å². The van der Waals surface area contributed by atoms with Gasteiger partial charge < -0.3 is 20.1 Å². The summed E-state index contributed by atoms with van der Waals surface area (Å²) in [6.45, 7) is 0.139. The number of amides is 2. The van der Waals surface area contributed by atoms with Crippen molar-refractivity contribution in [2.45, 2.75) is 62.3 Å². The van der Waals surface area contributed by atoms with Crippen LogP contribution in [0.2, 0.25) is 0 Å². The van der Waals surface area contributed by atoms with Gasteiger partial charge in [-0.25, -0.2) is 4.39 Å². The minimum Gasteiger partial charge on any atom is -0.489 e. The maximum absolute atomic E-state index is 15.4. The minimum absolute atomic E-state index is 0.00322. The summed E-state index contributed by atoms with van der Waals surface area (Å²) in [6, 6.07) is 14.4. The third-order valence-electron chi connectivity index (χ3n) is 7.96. The van der Waals surface area contributed by atoms with Crippen LogP contribution in [0.25, 0.3) is 0 Å². The van der Waals surface area contributed by atoms with E-state index < -0.39 is 47.2 Å². The first-order chi connectivity index (χ1) is 20.5. The van der Waals surface area contributed by atoms with Gasteiger partial charge in [-0.15, -0.1) is 0 Å². The molecule has 2 aliphatic carbocycles. The van der Waals surface area contributed by atoms with Crippen molar-refractivity contribution in [2.24, 2.45) is 0 Å². The van der Waals surface area contributed by atoms with Crippen LogP contribution in [0.1, 0.15) is 59.3 Å². The smallest absolute Gasteiger partial charge is 0.411 e. The lowest BCUT2D eigenvalue weighted by Gasteiger charge is -2.40. The molecule has 226 valence electrons. The number of pyridine rings is 1. The Labute approximate surface area is 244 Å². The van der Waals surface area contributed by atoms with Crippen molar-refractivity contribution in [3.63, 3.8) is 0 Å². The minimum atomic E-state index is -4.59. The van der Waals surface area contributed by atoms with Gasteiger partial charge in [-0.2, -0.15) is 13.2 Å². The van der Waals surface area contributed by atoms with Gasteiger partial charge in [0.25, 0.3) is 5.91 Å². The number of ether oxygens (including phenoxy) is 2. The summed E-state index contributed by atoms with van der Waals surface area (Å²) in [4.78, 5) is 42.0. The van der Waals surface area contributed by atoms with E-state index in [4.69, 9.17) is 9.47 Å².